The zero-order chi connectivity index (χ0) is 22.0. The number of hydrogen-bond acceptors (Lipinski definition) is 6. The van der Waals surface area contributed by atoms with E-state index in [1.807, 2.05) is 0 Å². The highest BCUT2D eigenvalue weighted by molar-refractivity contribution is 6.10. The van der Waals surface area contributed by atoms with Crippen LogP contribution in [0.15, 0.2) is 30.3 Å². The third-order valence-corrected chi connectivity index (χ3v) is 5.27. The summed E-state index contributed by atoms with van der Waals surface area (Å²) in [7, 11) is 2.98. The molecule has 3 amide bonds. The molecule has 2 N–H and O–H groups in total. The SMILES string of the molecule is COc1cc(NC(=O)c2ccc3c(c2)OCC(=O)N3)c(C(=O)N2CCCC2)cc1OC. The molecule has 0 spiro atoms. The van der Waals surface area contributed by atoms with Gasteiger partial charge in [-0.1, -0.05) is 0 Å². The molecule has 4 rings (SSSR count). The van der Waals surface area contributed by atoms with E-state index in [2.05, 4.69) is 10.6 Å². The van der Waals surface area contributed by atoms with Crippen molar-refractivity contribution < 1.29 is 28.6 Å². The zero-order valence-electron chi connectivity index (χ0n) is 17.3. The second-order valence-electron chi connectivity index (χ2n) is 7.25. The van der Waals surface area contributed by atoms with Crippen molar-refractivity contribution in [3.8, 4) is 17.2 Å². The van der Waals surface area contributed by atoms with Gasteiger partial charge in [-0.3, -0.25) is 14.4 Å². The van der Waals surface area contributed by atoms with E-state index < -0.39 is 5.91 Å². The summed E-state index contributed by atoms with van der Waals surface area (Å²) in [5, 5.41) is 5.49. The number of rotatable bonds is 5. The Labute approximate surface area is 179 Å². The topological polar surface area (TPSA) is 106 Å². The molecule has 0 unspecified atom stereocenters. The summed E-state index contributed by atoms with van der Waals surface area (Å²) in [6, 6.07) is 7.89. The number of likely N-dealkylation sites (tertiary alicyclic amines) is 1. The molecule has 162 valence electrons. The summed E-state index contributed by atoms with van der Waals surface area (Å²) in [5.74, 6) is 0.359. The minimum Gasteiger partial charge on any atom is -0.493 e. The Morgan fingerprint density at radius 2 is 1.77 bits per heavy atom. The number of amides is 3. The number of nitrogens with one attached hydrogen (secondary N) is 2. The Morgan fingerprint density at radius 3 is 2.48 bits per heavy atom. The maximum atomic E-state index is 13.1. The molecule has 31 heavy (non-hydrogen) atoms. The third-order valence-electron chi connectivity index (χ3n) is 5.27. The average Bonchev–Trinajstić information content (AvgIpc) is 3.32. The van der Waals surface area contributed by atoms with Crippen LogP contribution >= 0.6 is 0 Å². The van der Waals surface area contributed by atoms with Crippen LogP contribution < -0.4 is 24.8 Å². The second-order valence-corrected chi connectivity index (χ2v) is 7.25. The zero-order valence-corrected chi connectivity index (χ0v) is 17.3. The van der Waals surface area contributed by atoms with Gasteiger partial charge in [-0.2, -0.15) is 0 Å². The fourth-order valence-electron chi connectivity index (χ4n) is 3.66. The highest BCUT2D eigenvalue weighted by Crippen LogP contribution is 2.35. The molecule has 0 aromatic heterocycles. The first-order valence-electron chi connectivity index (χ1n) is 9.93. The number of nitrogens with zero attached hydrogens (tertiary/aromatic N) is 1. The molecule has 9 nitrogen and oxygen atoms in total. The van der Waals surface area contributed by atoms with Gasteiger partial charge >= 0.3 is 0 Å². The number of benzene rings is 2. The van der Waals surface area contributed by atoms with Gasteiger partial charge in [-0.15, -0.1) is 0 Å². The number of anilines is 2. The van der Waals surface area contributed by atoms with Crippen LogP contribution in [0.5, 0.6) is 17.2 Å². The van der Waals surface area contributed by atoms with Crippen molar-refractivity contribution >= 4 is 29.1 Å². The number of carbonyl (C=O) groups excluding carboxylic acids is 3. The molecular formula is C22H23N3O6. The minimum atomic E-state index is -0.425. The van der Waals surface area contributed by atoms with Crippen LogP contribution in [0.4, 0.5) is 11.4 Å². The smallest absolute Gasteiger partial charge is 0.262 e. The van der Waals surface area contributed by atoms with Crippen molar-refractivity contribution in [1.29, 1.82) is 0 Å². The van der Waals surface area contributed by atoms with Crippen molar-refractivity contribution in [2.75, 3.05) is 44.5 Å². The maximum absolute atomic E-state index is 13.1. The maximum Gasteiger partial charge on any atom is 0.262 e. The van der Waals surface area contributed by atoms with Crippen molar-refractivity contribution in [3.05, 3.63) is 41.5 Å². The van der Waals surface area contributed by atoms with Gasteiger partial charge in [0, 0.05) is 24.7 Å². The normalized spacial score (nSPS) is 14.9. The molecule has 9 heteroatoms. The van der Waals surface area contributed by atoms with E-state index in [4.69, 9.17) is 14.2 Å². The highest BCUT2D eigenvalue weighted by Gasteiger charge is 2.25. The summed E-state index contributed by atoms with van der Waals surface area (Å²) in [4.78, 5) is 39.2. The average molecular weight is 425 g/mol. The lowest BCUT2D eigenvalue weighted by atomic mass is 10.1. The first kappa shape index (κ1) is 20.5. The van der Waals surface area contributed by atoms with E-state index in [0.29, 0.717) is 52.8 Å². The van der Waals surface area contributed by atoms with Crippen LogP contribution in [0.1, 0.15) is 33.6 Å². The van der Waals surface area contributed by atoms with Crippen LogP contribution in [0, 0.1) is 0 Å². The van der Waals surface area contributed by atoms with E-state index in [-0.39, 0.29) is 18.4 Å². The van der Waals surface area contributed by atoms with E-state index in [1.54, 1.807) is 35.2 Å². The van der Waals surface area contributed by atoms with E-state index >= 15 is 0 Å². The van der Waals surface area contributed by atoms with Gasteiger partial charge in [0.1, 0.15) is 5.75 Å². The quantitative estimate of drug-likeness (QED) is 0.763. The molecule has 1 fully saturated rings. The summed E-state index contributed by atoms with van der Waals surface area (Å²) < 4.78 is 16.1. The van der Waals surface area contributed by atoms with Gasteiger partial charge in [-0.25, -0.2) is 0 Å². The molecule has 2 aromatic rings. The molecule has 0 atom stereocenters. The van der Waals surface area contributed by atoms with Gasteiger partial charge in [0.25, 0.3) is 17.7 Å². The molecule has 1 saturated heterocycles. The van der Waals surface area contributed by atoms with Crippen LogP contribution in [-0.2, 0) is 4.79 Å². The van der Waals surface area contributed by atoms with Crippen LogP contribution in [-0.4, -0.2) is 56.5 Å². The molecule has 2 aliphatic rings. The first-order valence-corrected chi connectivity index (χ1v) is 9.93. The molecule has 0 saturated carbocycles. The van der Waals surface area contributed by atoms with Gasteiger partial charge in [0.15, 0.2) is 18.1 Å². The van der Waals surface area contributed by atoms with E-state index in [1.165, 1.54) is 14.2 Å². The van der Waals surface area contributed by atoms with Crippen LogP contribution in [0.25, 0.3) is 0 Å². The van der Waals surface area contributed by atoms with Gasteiger partial charge in [0.05, 0.1) is 31.2 Å². The van der Waals surface area contributed by atoms with Crippen molar-refractivity contribution in [2.24, 2.45) is 0 Å². The van der Waals surface area contributed by atoms with Gasteiger partial charge < -0.3 is 29.7 Å². The van der Waals surface area contributed by atoms with Gasteiger partial charge in [0.2, 0.25) is 0 Å². The van der Waals surface area contributed by atoms with Gasteiger partial charge in [-0.05, 0) is 37.1 Å². The van der Waals surface area contributed by atoms with E-state index in [9.17, 15) is 14.4 Å². The predicted octanol–water partition coefficient (Wildman–Crippen LogP) is 2.52. The third kappa shape index (κ3) is 4.11. The second kappa shape index (κ2) is 8.55. The summed E-state index contributed by atoms with van der Waals surface area (Å²) >= 11 is 0. The van der Waals surface area contributed by atoms with Crippen molar-refractivity contribution in [1.82, 2.24) is 4.90 Å². The molecule has 0 aliphatic carbocycles. The monoisotopic (exact) mass is 425 g/mol. The number of hydrogen-bond donors (Lipinski definition) is 2. The predicted molar refractivity (Wildman–Crippen MR) is 113 cm³/mol. The summed E-state index contributed by atoms with van der Waals surface area (Å²) in [6.45, 7) is 1.24. The first-order chi connectivity index (χ1) is 15.0. The Hall–Kier alpha value is -3.75. The Morgan fingerprint density at radius 1 is 1.06 bits per heavy atom. The standard InChI is InChI=1S/C22H23N3O6/c1-29-18-10-14(22(28)25-7-3-4-8-25)16(11-19(18)30-2)24-21(27)13-5-6-15-17(9-13)31-12-20(26)23-15/h5-6,9-11H,3-4,7-8,12H2,1-2H3,(H,23,26)(H,24,27). The highest BCUT2D eigenvalue weighted by atomic mass is 16.5. The minimum absolute atomic E-state index is 0.109. The molecule has 0 bridgehead atoms. The Kier molecular flexibility index (Phi) is 5.66. The van der Waals surface area contributed by atoms with Crippen molar-refractivity contribution in [2.45, 2.75) is 12.8 Å². The number of ether oxygens (including phenoxy) is 3. The van der Waals surface area contributed by atoms with Crippen molar-refractivity contribution in [3.63, 3.8) is 0 Å². The van der Waals surface area contributed by atoms with Crippen LogP contribution in [0.3, 0.4) is 0 Å². The van der Waals surface area contributed by atoms with E-state index in [0.717, 1.165) is 12.8 Å². The number of fused-ring (bicyclic) bond motifs is 1. The lowest BCUT2D eigenvalue weighted by Gasteiger charge is -2.21. The van der Waals surface area contributed by atoms with Crippen LogP contribution in [0.2, 0.25) is 0 Å². The Balaban J connectivity index is 1.65. The Bertz CT molecular complexity index is 1050. The summed E-state index contributed by atoms with van der Waals surface area (Å²) in [6.07, 6.45) is 1.90. The molecular weight excluding hydrogens is 402 g/mol. The molecule has 2 heterocycles. The number of carbonyl (C=O) groups is 3. The number of methoxy groups -OCH3 is 2. The molecule has 0 radical (unpaired) electrons. The molecule has 2 aromatic carbocycles. The fourth-order valence-corrected chi connectivity index (χ4v) is 3.66. The molecule has 2 aliphatic heterocycles. The lowest BCUT2D eigenvalue weighted by Crippen LogP contribution is -2.29. The fraction of sp³-hybridized carbons (Fsp3) is 0.318. The lowest BCUT2D eigenvalue weighted by molar-refractivity contribution is -0.118. The summed E-state index contributed by atoms with van der Waals surface area (Å²) in [5.41, 5.74) is 1.48. The largest absolute Gasteiger partial charge is 0.493 e.